The largest absolute Gasteiger partial charge is 0.390 e. The molecule has 0 spiro atoms. The van der Waals surface area contributed by atoms with Gasteiger partial charge in [-0.1, -0.05) is 13.8 Å². The fourth-order valence-electron chi connectivity index (χ4n) is 2.00. The van der Waals surface area contributed by atoms with Crippen molar-refractivity contribution in [3.63, 3.8) is 0 Å². The predicted octanol–water partition coefficient (Wildman–Crippen LogP) is 1.47. The van der Waals surface area contributed by atoms with Crippen LogP contribution in [-0.4, -0.2) is 24.6 Å². The molecule has 1 heterocycles. The van der Waals surface area contributed by atoms with Gasteiger partial charge in [-0.3, -0.25) is 0 Å². The molecule has 0 radical (unpaired) electrons. The van der Waals surface area contributed by atoms with Crippen molar-refractivity contribution in [3.05, 3.63) is 18.0 Å². The van der Waals surface area contributed by atoms with Gasteiger partial charge in [-0.05, 0) is 30.7 Å². The number of aliphatic hydroxyl groups is 1. The Morgan fingerprint density at radius 2 is 2.16 bits per heavy atom. The van der Waals surface area contributed by atoms with Gasteiger partial charge in [0.15, 0.2) is 0 Å². The van der Waals surface area contributed by atoms with E-state index in [2.05, 4.69) is 11.6 Å². The topological polar surface area (TPSA) is 71.3 Å². The second-order valence-corrected chi connectivity index (χ2v) is 7.42. The van der Waals surface area contributed by atoms with Crippen molar-refractivity contribution in [2.45, 2.75) is 51.2 Å². The average Bonchev–Trinajstić information content (AvgIpc) is 2.95. The molecule has 2 N–H and O–H groups in total. The third-order valence-electron chi connectivity index (χ3n) is 3.69. The monoisotopic (exact) mass is 286 g/mol. The first-order chi connectivity index (χ1) is 8.90. The van der Waals surface area contributed by atoms with Crippen LogP contribution in [0.3, 0.4) is 0 Å². The SMILES string of the molecule is CCCn1cc(S(=O)(=O)NCC2(C)CC2)cc1CO. The van der Waals surface area contributed by atoms with E-state index in [0.717, 1.165) is 19.3 Å². The number of hydrogen-bond donors (Lipinski definition) is 2. The Morgan fingerprint density at radius 1 is 1.47 bits per heavy atom. The molecule has 0 aromatic carbocycles. The summed E-state index contributed by atoms with van der Waals surface area (Å²) in [6.07, 6.45) is 4.65. The minimum atomic E-state index is -3.47. The van der Waals surface area contributed by atoms with Crippen molar-refractivity contribution >= 4 is 10.0 Å². The molecule has 1 aromatic rings. The summed E-state index contributed by atoms with van der Waals surface area (Å²) in [4.78, 5) is 0.245. The first-order valence-electron chi connectivity index (χ1n) is 6.70. The molecule has 108 valence electrons. The first kappa shape index (κ1) is 14.6. The van der Waals surface area contributed by atoms with Crippen LogP contribution in [0.5, 0.6) is 0 Å². The number of nitrogens with one attached hydrogen (secondary N) is 1. The summed E-state index contributed by atoms with van der Waals surface area (Å²) < 4.78 is 28.8. The van der Waals surface area contributed by atoms with E-state index in [1.807, 2.05) is 6.92 Å². The van der Waals surface area contributed by atoms with Gasteiger partial charge < -0.3 is 9.67 Å². The third kappa shape index (κ3) is 3.38. The van der Waals surface area contributed by atoms with E-state index < -0.39 is 10.0 Å². The third-order valence-corrected chi connectivity index (χ3v) is 5.06. The molecule has 2 rings (SSSR count). The molecule has 6 heteroatoms. The number of aliphatic hydroxyl groups excluding tert-OH is 1. The van der Waals surface area contributed by atoms with Crippen LogP contribution in [0.4, 0.5) is 0 Å². The second-order valence-electron chi connectivity index (χ2n) is 5.65. The summed E-state index contributed by atoms with van der Waals surface area (Å²) in [6, 6.07) is 1.55. The molecular formula is C13H22N2O3S. The van der Waals surface area contributed by atoms with Gasteiger partial charge in [0.2, 0.25) is 10.0 Å². The molecule has 1 aromatic heterocycles. The average molecular weight is 286 g/mol. The molecule has 0 atom stereocenters. The van der Waals surface area contributed by atoms with Gasteiger partial charge in [0.1, 0.15) is 0 Å². The van der Waals surface area contributed by atoms with Gasteiger partial charge in [0.25, 0.3) is 0 Å². The zero-order valence-electron chi connectivity index (χ0n) is 11.5. The van der Waals surface area contributed by atoms with Crippen molar-refractivity contribution in [2.75, 3.05) is 6.54 Å². The van der Waals surface area contributed by atoms with Crippen molar-refractivity contribution in [2.24, 2.45) is 5.41 Å². The van der Waals surface area contributed by atoms with Crippen LogP contribution < -0.4 is 4.72 Å². The van der Waals surface area contributed by atoms with Crippen molar-refractivity contribution < 1.29 is 13.5 Å². The lowest BCUT2D eigenvalue weighted by Gasteiger charge is -2.09. The lowest BCUT2D eigenvalue weighted by molar-refractivity contribution is 0.270. The molecule has 1 fully saturated rings. The summed E-state index contributed by atoms with van der Waals surface area (Å²) in [6.45, 7) is 5.15. The Hall–Kier alpha value is -0.850. The summed E-state index contributed by atoms with van der Waals surface area (Å²) in [7, 11) is -3.47. The van der Waals surface area contributed by atoms with Gasteiger partial charge >= 0.3 is 0 Å². The van der Waals surface area contributed by atoms with E-state index in [1.165, 1.54) is 0 Å². The lowest BCUT2D eigenvalue weighted by atomic mass is 10.2. The highest BCUT2D eigenvalue weighted by atomic mass is 32.2. The van der Waals surface area contributed by atoms with E-state index in [-0.39, 0.29) is 16.9 Å². The maximum absolute atomic E-state index is 12.2. The summed E-state index contributed by atoms with van der Waals surface area (Å²) in [5.41, 5.74) is 0.777. The maximum Gasteiger partial charge on any atom is 0.242 e. The lowest BCUT2D eigenvalue weighted by Crippen LogP contribution is -2.28. The summed E-state index contributed by atoms with van der Waals surface area (Å²) >= 11 is 0. The fourth-order valence-corrected chi connectivity index (χ4v) is 3.26. The quantitative estimate of drug-likeness (QED) is 0.797. The van der Waals surface area contributed by atoms with Gasteiger partial charge in [-0.15, -0.1) is 0 Å². The standard InChI is InChI=1S/C13H22N2O3S/c1-3-6-15-8-12(7-11(15)9-16)19(17,18)14-10-13(2)4-5-13/h7-8,14,16H,3-6,9-10H2,1-2H3. The Morgan fingerprint density at radius 3 is 2.68 bits per heavy atom. The van der Waals surface area contributed by atoms with E-state index in [9.17, 15) is 13.5 Å². The van der Waals surface area contributed by atoms with Crippen molar-refractivity contribution in [3.8, 4) is 0 Å². The zero-order chi connectivity index (χ0) is 14.1. The van der Waals surface area contributed by atoms with Gasteiger partial charge in [0.05, 0.1) is 11.5 Å². The minimum Gasteiger partial charge on any atom is -0.390 e. The number of sulfonamides is 1. The van der Waals surface area contributed by atoms with Gasteiger partial charge in [-0.25, -0.2) is 13.1 Å². The van der Waals surface area contributed by atoms with Crippen LogP contribution in [0.1, 0.15) is 38.8 Å². The predicted molar refractivity (Wildman–Crippen MR) is 73.2 cm³/mol. The Balaban J connectivity index is 2.14. The Labute approximate surface area is 114 Å². The van der Waals surface area contributed by atoms with E-state index >= 15 is 0 Å². The van der Waals surface area contributed by atoms with Gasteiger partial charge in [0, 0.05) is 25.0 Å². The Bertz CT molecular complexity index is 544. The smallest absolute Gasteiger partial charge is 0.242 e. The van der Waals surface area contributed by atoms with E-state index in [4.69, 9.17) is 0 Å². The highest BCUT2D eigenvalue weighted by Crippen LogP contribution is 2.44. The molecule has 1 saturated carbocycles. The summed E-state index contributed by atoms with van der Waals surface area (Å²) in [5.74, 6) is 0. The van der Waals surface area contributed by atoms with Crippen molar-refractivity contribution in [1.29, 1.82) is 0 Å². The van der Waals surface area contributed by atoms with Crippen LogP contribution in [0.2, 0.25) is 0 Å². The first-order valence-corrected chi connectivity index (χ1v) is 8.18. The minimum absolute atomic E-state index is 0.138. The van der Waals surface area contributed by atoms with Crippen LogP contribution >= 0.6 is 0 Å². The molecule has 1 aliphatic carbocycles. The van der Waals surface area contributed by atoms with Crippen LogP contribution in [-0.2, 0) is 23.2 Å². The Kier molecular flexibility index (Phi) is 4.03. The normalized spacial score (nSPS) is 17.6. The maximum atomic E-state index is 12.2. The highest BCUT2D eigenvalue weighted by Gasteiger charge is 2.38. The molecule has 1 aliphatic rings. The van der Waals surface area contributed by atoms with Crippen LogP contribution in [0.15, 0.2) is 17.2 Å². The molecule has 5 nitrogen and oxygen atoms in total. The zero-order valence-corrected chi connectivity index (χ0v) is 12.3. The number of nitrogens with zero attached hydrogens (tertiary/aromatic N) is 1. The second kappa shape index (κ2) is 5.26. The van der Waals surface area contributed by atoms with E-state index in [1.54, 1.807) is 16.8 Å². The number of rotatable bonds is 7. The molecular weight excluding hydrogens is 264 g/mol. The van der Waals surface area contributed by atoms with Crippen molar-refractivity contribution in [1.82, 2.24) is 9.29 Å². The summed E-state index contributed by atoms with van der Waals surface area (Å²) in [5, 5.41) is 9.26. The van der Waals surface area contributed by atoms with Crippen LogP contribution in [0, 0.1) is 5.41 Å². The molecule has 0 bridgehead atoms. The number of aryl methyl sites for hydroxylation is 1. The highest BCUT2D eigenvalue weighted by molar-refractivity contribution is 7.89. The molecule has 0 amide bonds. The van der Waals surface area contributed by atoms with Gasteiger partial charge in [-0.2, -0.15) is 0 Å². The van der Waals surface area contributed by atoms with Crippen LogP contribution in [0.25, 0.3) is 0 Å². The number of aromatic nitrogens is 1. The number of hydrogen-bond acceptors (Lipinski definition) is 3. The molecule has 0 unspecified atom stereocenters. The fraction of sp³-hybridized carbons (Fsp3) is 0.692. The van der Waals surface area contributed by atoms with E-state index in [0.29, 0.717) is 18.8 Å². The molecule has 19 heavy (non-hydrogen) atoms. The molecule has 0 aliphatic heterocycles. The molecule has 0 saturated heterocycles.